The van der Waals surface area contributed by atoms with Crippen molar-refractivity contribution in [3.8, 4) is 5.75 Å². The van der Waals surface area contributed by atoms with Crippen molar-refractivity contribution < 1.29 is 9.53 Å². The molecule has 96 valence electrons. The minimum atomic E-state index is -1.76. The number of benzene rings is 1. The highest BCUT2D eigenvalue weighted by Crippen LogP contribution is 2.37. The van der Waals surface area contributed by atoms with Gasteiger partial charge in [-0.25, -0.2) is 0 Å². The van der Waals surface area contributed by atoms with E-state index in [1.165, 1.54) is 0 Å². The molecule has 1 rings (SSSR count). The number of aryl methyl sites for hydroxylation is 1. The van der Waals surface area contributed by atoms with Gasteiger partial charge in [0.1, 0.15) is 5.75 Å². The molecule has 0 aliphatic rings. The van der Waals surface area contributed by atoms with Crippen molar-refractivity contribution in [3.05, 3.63) is 29.3 Å². The molecule has 0 spiro atoms. The predicted molar refractivity (Wildman–Crippen MR) is 74.9 cm³/mol. The molecule has 0 saturated heterocycles. The molecule has 0 unspecified atom stereocenters. The molecule has 17 heavy (non-hydrogen) atoms. The van der Waals surface area contributed by atoms with E-state index in [1.54, 1.807) is 0 Å². The molecule has 1 N–H and O–H groups in total. The largest absolute Gasteiger partial charge is 0.543 e. The third-order valence-corrected chi connectivity index (χ3v) is 8.02. The van der Waals surface area contributed by atoms with Gasteiger partial charge in [0.25, 0.3) is 0 Å². The van der Waals surface area contributed by atoms with Crippen molar-refractivity contribution in [1.82, 2.24) is 0 Å². The Morgan fingerprint density at radius 3 is 2.24 bits per heavy atom. The number of hydrogen-bond acceptors (Lipinski definition) is 2. The van der Waals surface area contributed by atoms with Crippen molar-refractivity contribution in [2.24, 2.45) is 0 Å². The summed E-state index contributed by atoms with van der Waals surface area (Å²) in [6.07, 6.45) is 0. The van der Waals surface area contributed by atoms with Gasteiger partial charge in [0.15, 0.2) is 0 Å². The summed E-state index contributed by atoms with van der Waals surface area (Å²) in [4.78, 5) is 0. The fraction of sp³-hybridized carbons (Fsp3) is 0.571. The van der Waals surface area contributed by atoms with Gasteiger partial charge in [0.05, 0.1) is 6.61 Å². The van der Waals surface area contributed by atoms with Crippen LogP contribution in [-0.4, -0.2) is 13.4 Å². The second kappa shape index (κ2) is 4.82. The molecule has 1 aromatic rings. The molecule has 0 heterocycles. The average Bonchev–Trinajstić information content (AvgIpc) is 2.15. The standard InChI is InChI=1S/C14H24O2Si/c1-11-9-13(8-7-12(11)10-15)16-17(5,6)14(2,3)4/h7-9,15H,10H2,1-6H3. The van der Waals surface area contributed by atoms with Crippen LogP contribution in [0.3, 0.4) is 0 Å². The maximum Gasteiger partial charge on any atom is 0.250 e. The minimum absolute atomic E-state index is 0.0895. The van der Waals surface area contributed by atoms with E-state index in [2.05, 4.69) is 33.9 Å². The van der Waals surface area contributed by atoms with Gasteiger partial charge in [-0.1, -0.05) is 26.8 Å². The van der Waals surface area contributed by atoms with Crippen molar-refractivity contribution >= 4 is 8.32 Å². The lowest BCUT2D eigenvalue weighted by molar-refractivity contribution is 0.281. The highest BCUT2D eigenvalue weighted by atomic mass is 28.4. The van der Waals surface area contributed by atoms with Crippen molar-refractivity contribution in [3.63, 3.8) is 0 Å². The molecule has 0 fully saturated rings. The normalized spacial score (nSPS) is 12.6. The highest BCUT2D eigenvalue weighted by molar-refractivity contribution is 6.74. The molecule has 0 saturated carbocycles. The van der Waals surface area contributed by atoms with E-state index in [0.717, 1.165) is 16.9 Å². The molecule has 0 aromatic heterocycles. The van der Waals surface area contributed by atoms with Gasteiger partial charge in [-0.3, -0.25) is 0 Å². The van der Waals surface area contributed by atoms with E-state index < -0.39 is 8.32 Å². The molecular weight excluding hydrogens is 228 g/mol. The van der Waals surface area contributed by atoms with Crippen LogP contribution in [0.15, 0.2) is 18.2 Å². The molecule has 2 nitrogen and oxygen atoms in total. The molecule has 3 heteroatoms. The molecule has 1 aromatic carbocycles. The summed E-state index contributed by atoms with van der Waals surface area (Å²) in [6.45, 7) is 13.3. The van der Waals surface area contributed by atoms with Crippen molar-refractivity contribution in [1.29, 1.82) is 0 Å². The van der Waals surface area contributed by atoms with E-state index in [1.807, 2.05) is 25.1 Å². The zero-order valence-corrected chi connectivity index (χ0v) is 12.8. The van der Waals surface area contributed by atoms with Gasteiger partial charge < -0.3 is 9.53 Å². The molecule has 0 aliphatic heterocycles. The maximum atomic E-state index is 9.14. The second-order valence-corrected chi connectivity index (χ2v) is 10.8. The number of aliphatic hydroxyl groups excluding tert-OH is 1. The van der Waals surface area contributed by atoms with Gasteiger partial charge >= 0.3 is 0 Å². The van der Waals surface area contributed by atoms with Crippen LogP contribution in [0.5, 0.6) is 5.75 Å². The summed E-state index contributed by atoms with van der Waals surface area (Å²) in [5, 5.41) is 9.34. The Balaban J connectivity index is 2.93. The first-order chi connectivity index (χ1) is 7.67. The molecule has 0 bridgehead atoms. The SMILES string of the molecule is Cc1cc(O[Si](C)(C)C(C)(C)C)ccc1CO. The zero-order chi connectivity index (χ0) is 13.3. The monoisotopic (exact) mass is 252 g/mol. The maximum absolute atomic E-state index is 9.14. The topological polar surface area (TPSA) is 29.5 Å². The Hall–Kier alpha value is -0.803. The van der Waals surface area contributed by atoms with Crippen LogP contribution < -0.4 is 4.43 Å². The number of aliphatic hydroxyl groups is 1. The quantitative estimate of drug-likeness (QED) is 0.827. The summed E-state index contributed by atoms with van der Waals surface area (Å²) in [5.41, 5.74) is 2.05. The first-order valence-electron chi connectivity index (χ1n) is 6.07. The summed E-state index contributed by atoms with van der Waals surface area (Å²) < 4.78 is 6.20. The molecular formula is C14H24O2Si. The van der Waals surface area contributed by atoms with Crippen molar-refractivity contribution in [2.75, 3.05) is 0 Å². The fourth-order valence-electron chi connectivity index (χ4n) is 1.36. The first kappa shape index (κ1) is 14.3. The van der Waals surface area contributed by atoms with Crippen LogP contribution >= 0.6 is 0 Å². The average molecular weight is 252 g/mol. The van der Waals surface area contributed by atoms with Crippen LogP contribution in [0.1, 0.15) is 31.9 Å². The summed E-state index contributed by atoms with van der Waals surface area (Å²) in [6, 6.07) is 5.92. The minimum Gasteiger partial charge on any atom is -0.543 e. The van der Waals surface area contributed by atoms with E-state index in [0.29, 0.717) is 0 Å². The van der Waals surface area contributed by atoms with Gasteiger partial charge in [0.2, 0.25) is 8.32 Å². The first-order valence-corrected chi connectivity index (χ1v) is 8.97. The molecule has 0 atom stereocenters. The lowest BCUT2D eigenvalue weighted by Gasteiger charge is -2.36. The Morgan fingerprint density at radius 1 is 1.24 bits per heavy atom. The van der Waals surface area contributed by atoms with E-state index in [9.17, 15) is 0 Å². The van der Waals surface area contributed by atoms with Crippen LogP contribution in [0.25, 0.3) is 0 Å². The summed E-state index contributed by atoms with van der Waals surface area (Å²) in [5.74, 6) is 0.922. The lowest BCUT2D eigenvalue weighted by Crippen LogP contribution is -2.43. The highest BCUT2D eigenvalue weighted by Gasteiger charge is 2.38. The van der Waals surface area contributed by atoms with Gasteiger partial charge in [-0.2, -0.15) is 0 Å². The zero-order valence-electron chi connectivity index (χ0n) is 11.8. The molecule has 0 radical (unpaired) electrons. The Kier molecular flexibility index (Phi) is 4.05. The van der Waals surface area contributed by atoms with Crippen molar-refractivity contribution in [2.45, 2.75) is 52.4 Å². The van der Waals surface area contributed by atoms with E-state index in [-0.39, 0.29) is 11.6 Å². The summed E-state index contributed by atoms with van der Waals surface area (Å²) in [7, 11) is -1.76. The third kappa shape index (κ3) is 3.33. The van der Waals surface area contributed by atoms with Crippen LogP contribution in [0, 0.1) is 6.92 Å². The van der Waals surface area contributed by atoms with Crippen LogP contribution in [0.2, 0.25) is 18.1 Å². The smallest absolute Gasteiger partial charge is 0.250 e. The van der Waals surface area contributed by atoms with Crippen LogP contribution in [0.4, 0.5) is 0 Å². The van der Waals surface area contributed by atoms with E-state index >= 15 is 0 Å². The third-order valence-electron chi connectivity index (χ3n) is 3.66. The Labute approximate surface area is 106 Å². The summed E-state index contributed by atoms with van der Waals surface area (Å²) >= 11 is 0. The lowest BCUT2D eigenvalue weighted by atomic mass is 10.1. The fourth-order valence-corrected chi connectivity index (χ4v) is 2.38. The van der Waals surface area contributed by atoms with Gasteiger partial charge in [-0.15, -0.1) is 0 Å². The second-order valence-electron chi connectivity index (χ2n) is 6.11. The van der Waals surface area contributed by atoms with Crippen LogP contribution in [-0.2, 0) is 6.61 Å². The molecule has 0 amide bonds. The van der Waals surface area contributed by atoms with Gasteiger partial charge in [-0.05, 0) is 48.3 Å². The number of rotatable bonds is 3. The Bertz CT molecular complexity index is 392. The van der Waals surface area contributed by atoms with E-state index in [4.69, 9.17) is 9.53 Å². The molecule has 0 aliphatic carbocycles. The predicted octanol–water partition coefficient (Wildman–Crippen LogP) is 3.87. The Morgan fingerprint density at radius 2 is 1.82 bits per heavy atom. The number of hydrogen-bond donors (Lipinski definition) is 1. The van der Waals surface area contributed by atoms with Gasteiger partial charge in [0, 0.05) is 0 Å².